The van der Waals surface area contributed by atoms with Crippen LogP contribution in [0.2, 0.25) is 10.0 Å². The van der Waals surface area contributed by atoms with Gasteiger partial charge in [-0.15, -0.1) is 0 Å². The van der Waals surface area contributed by atoms with Crippen LogP contribution in [0.5, 0.6) is 0 Å². The van der Waals surface area contributed by atoms with Gasteiger partial charge >= 0.3 is 0 Å². The molecule has 0 atom stereocenters. The number of thiocarbonyl (C=S) groups is 1. The minimum absolute atomic E-state index is 0.146. The summed E-state index contributed by atoms with van der Waals surface area (Å²) in [5.74, 6) is -0.226. The largest absolute Gasteiger partial charge is 0.367 e. The second-order valence-electron chi connectivity index (χ2n) is 8.73. The molecule has 0 unspecified atom stereocenters. The van der Waals surface area contributed by atoms with E-state index in [9.17, 15) is 9.59 Å². The molecule has 1 aliphatic rings. The molecular weight excluding hydrogens is 594 g/mol. The van der Waals surface area contributed by atoms with Crippen molar-refractivity contribution < 1.29 is 9.59 Å². The molecule has 33 heavy (non-hydrogen) atoms. The van der Waals surface area contributed by atoms with Crippen LogP contribution < -0.4 is 15.5 Å². The minimum Gasteiger partial charge on any atom is -0.367 e. The van der Waals surface area contributed by atoms with Gasteiger partial charge in [0.05, 0.1) is 21.3 Å². The number of carbonyl (C=O) groups excluding carboxylic acids is 2. The molecule has 2 amide bonds. The highest BCUT2D eigenvalue weighted by molar-refractivity contribution is 14.1. The number of hydrogen-bond donors (Lipinski definition) is 2. The maximum absolute atomic E-state index is 12.5. The van der Waals surface area contributed by atoms with Crippen LogP contribution in [0, 0.1) is 8.99 Å². The van der Waals surface area contributed by atoms with Gasteiger partial charge in [-0.3, -0.25) is 14.9 Å². The molecule has 0 aromatic heterocycles. The Bertz CT molecular complexity index is 1080. The second-order valence-corrected chi connectivity index (χ2v) is 11.2. The molecule has 3 rings (SSSR count). The molecule has 2 aromatic rings. The summed E-state index contributed by atoms with van der Waals surface area (Å²) in [7, 11) is 0. The van der Waals surface area contributed by atoms with Crippen LogP contribution in [0.3, 0.4) is 0 Å². The quantitative estimate of drug-likeness (QED) is 0.355. The van der Waals surface area contributed by atoms with Crippen LogP contribution in [-0.4, -0.2) is 48.0 Å². The number of carbonyl (C=O) groups is 2. The molecule has 176 valence electrons. The molecule has 0 bridgehead atoms. The van der Waals surface area contributed by atoms with Gasteiger partial charge < -0.3 is 15.1 Å². The molecule has 0 saturated carbocycles. The highest BCUT2D eigenvalue weighted by Crippen LogP contribution is 2.30. The number of benzene rings is 2. The third kappa shape index (κ3) is 6.71. The van der Waals surface area contributed by atoms with Crippen molar-refractivity contribution in [2.24, 2.45) is 5.41 Å². The number of hydrogen-bond acceptors (Lipinski definition) is 4. The van der Waals surface area contributed by atoms with E-state index in [0.29, 0.717) is 47.5 Å². The Morgan fingerprint density at radius 2 is 1.67 bits per heavy atom. The summed E-state index contributed by atoms with van der Waals surface area (Å²) in [4.78, 5) is 29.1. The summed E-state index contributed by atoms with van der Waals surface area (Å²) in [6.07, 6.45) is 0. The van der Waals surface area contributed by atoms with Crippen molar-refractivity contribution in [3.05, 3.63) is 55.6 Å². The first kappa shape index (κ1) is 26.0. The van der Waals surface area contributed by atoms with E-state index in [1.165, 1.54) is 0 Å². The Balaban J connectivity index is 1.59. The highest BCUT2D eigenvalue weighted by atomic mass is 127. The molecule has 1 saturated heterocycles. The van der Waals surface area contributed by atoms with Crippen LogP contribution >= 0.6 is 58.0 Å². The number of piperazine rings is 1. The van der Waals surface area contributed by atoms with Crippen molar-refractivity contribution in [3.8, 4) is 0 Å². The standard InChI is InChI=1S/C23H25Cl2IN4O2S/c1-23(2,3)21(32)30-10-8-29(9-11-30)19-7-5-15(13-18(19)25)27-22(33)28-20(31)16-12-14(26)4-6-17(16)24/h4-7,12-13H,8-11H2,1-3H3,(H2,27,28,31,33). The minimum atomic E-state index is -0.388. The van der Waals surface area contributed by atoms with Gasteiger partial charge in [0.2, 0.25) is 5.91 Å². The molecule has 0 aliphatic carbocycles. The van der Waals surface area contributed by atoms with Crippen LogP contribution in [0.1, 0.15) is 31.1 Å². The first-order valence-corrected chi connectivity index (χ1v) is 12.6. The molecule has 1 aliphatic heterocycles. The van der Waals surface area contributed by atoms with E-state index in [-0.39, 0.29) is 22.3 Å². The van der Waals surface area contributed by atoms with Crippen LogP contribution in [0.4, 0.5) is 11.4 Å². The van der Waals surface area contributed by atoms with Crippen LogP contribution in [-0.2, 0) is 4.79 Å². The zero-order valence-electron chi connectivity index (χ0n) is 18.5. The third-order valence-corrected chi connectivity index (χ3v) is 6.66. The van der Waals surface area contributed by atoms with Crippen molar-refractivity contribution >= 4 is 86.3 Å². The van der Waals surface area contributed by atoms with E-state index >= 15 is 0 Å². The average molecular weight is 619 g/mol. The van der Waals surface area contributed by atoms with Crippen molar-refractivity contribution in [3.63, 3.8) is 0 Å². The molecule has 0 spiro atoms. The zero-order valence-corrected chi connectivity index (χ0v) is 23.0. The lowest BCUT2D eigenvalue weighted by atomic mass is 9.94. The lowest BCUT2D eigenvalue weighted by Crippen LogP contribution is -2.51. The fraction of sp³-hybridized carbons (Fsp3) is 0.348. The van der Waals surface area contributed by atoms with E-state index in [4.69, 9.17) is 35.4 Å². The summed E-state index contributed by atoms with van der Waals surface area (Å²) in [5.41, 5.74) is 1.52. The molecule has 2 N–H and O–H groups in total. The Morgan fingerprint density at radius 3 is 2.27 bits per heavy atom. The average Bonchev–Trinajstić information content (AvgIpc) is 2.74. The van der Waals surface area contributed by atoms with Gasteiger partial charge in [0, 0.05) is 40.9 Å². The monoisotopic (exact) mass is 618 g/mol. The Morgan fingerprint density at radius 1 is 1.00 bits per heavy atom. The van der Waals surface area contributed by atoms with Crippen molar-refractivity contribution in [2.75, 3.05) is 36.4 Å². The van der Waals surface area contributed by atoms with E-state index in [0.717, 1.165) is 9.26 Å². The topological polar surface area (TPSA) is 64.7 Å². The predicted molar refractivity (Wildman–Crippen MR) is 148 cm³/mol. The SMILES string of the molecule is CC(C)(C)C(=O)N1CCN(c2ccc(NC(=S)NC(=O)c3cc(I)ccc3Cl)cc2Cl)CC1. The number of anilines is 2. The van der Waals surface area contributed by atoms with E-state index in [2.05, 4.69) is 38.1 Å². The zero-order chi connectivity index (χ0) is 24.3. The fourth-order valence-electron chi connectivity index (χ4n) is 3.47. The summed E-state index contributed by atoms with van der Waals surface area (Å²) < 4.78 is 0.895. The van der Waals surface area contributed by atoms with Gasteiger partial charge in [-0.2, -0.15) is 0 Å². The van der Waals surface area contributed by atoms with Crippen molar-refractivity contribution in [2.45, 2.75) is 20.8 Å². The summed E-state index contributed by atoms with van der Waals surface area (Å²) >= 11 is 20.1. The molecule has 10 heteroatoms. The maximum atomic E-state index is 12.5. The van der Waals surface area contributed by atoms with Gasteiger partial charge in [0.25, 0.3) is 5.91 Å². The lowest BCUT2D eigenvalue weighted by molar-refractivity contribution is -0.139. The Labute approximate surface area is 223 Å². The maximum Gasteiger partial charge on any atom is 0.258 e. The lowest BCUT2D eigenvalue weighted by Gasteiger charge is -2.39. The normalized spacial score (nSPS) is 14.1. The summed E-state index contributed by atoms with van der Waals surface area (Å²) in [6.45, 7) is 8.54. The van der Waals surface area contributed by atoms with Crippen molar-refractivity contribution in [1.29, 1.82) is 0 Å². The number of amides is 2. The van der Waals surface area contributed by atoms with Crippen LogP contribution in [0.15, 0.2) is 36.4 Å². The molecule has 6 nitrogen and oxygen atoms in total. The first-order valence-electron chi connectivity index (χ1n) is 10.4. The molecule has 2 aromatic carbocycles. The van der Waals surface area contributed by atoms with E-state index < -0.39 is 0 Å². The first-order chi connectivity index (χ1) is 15.5. The number of nitrogens with zero attached hydrogens (tertiary/aromatic N) is 2. The second kappa shape index (κ2) is 10.8. The van der Waals surface area contributed by atoms with Gasteiger partial charge in [-0.1, -0.05) is 44.0 Å². The summed E-state index contributed by atoms with van der Waals surface area (Å²) in [5, 5.41) is 6.69. The van der Waals surface area contributed by atoms with Gasteiger partial charge in [-0.05, 0) is 71.2 Å². The smallest absolute Gasteiger partial charge is 0.258 e. The van der Waals surface area contributed by atoms with Gasteiger partial charge in [0.15, 0.2) is 5.11 Å². The molecule has 1 fully saturated rings. The predicted octanol–water partition coefficient (Wildman–Crippen LogP) is 5.42. The highest BCUT2D eigenvalue weighted by Gasteiger charge is 2.30. The number of nitrogens with one attached hydrogen (secondary N) is 2. The van der Waals surface area contributed by atoms with Crippen LogP contribution in [0.25, 0.3) is 0 Å². The van der Waals surface area contributed by atoms with Crippen molar-refractivity contribution in [1.82, 2.24) is 10.2 Å². The van der Waals surface area contributed by atoms with E-state index in [1.807, 2.05) is 43.9 Å². The Hall–Kier alpha value is -1.62. The summed E-state index contributed by atoms with van der Waals surface area (Å²) in [6, 6.07) is 10.7. The molecule has 0 radical (unpaired) electrons. The molecule has 1 heterocycles. The number of rotatable bonds is 3. The number of halogens is 3. The van der Waals surface area contributed by atoms with Gasteiger partial charge in [-0.25, -0.2) is 0 Å². The van der Waals surface area contributed by atoms with E-state index in [1.54, 1.807) is 18.2 Å². The van der Waals surface area contributed by atoms with Gasteiger partial charge in [0.1, 0.15) is 0 Å². The third-order valence-electron chi connectivity index (χ3n) is 5.15. The fourth-order valence-corrected chi connectivity index (χ4v) is 4.68. The molecular formula is C23H25Cl2IN4O2S. The Kier molecular flexibility index (Phi) is 8.47.